The number of carbonyl (C=O) groups excluding carboxylic acids is 1. The Hall–Kier alpha value is -3.17. The number of nitrogens with one attached hydrogen (secondary N) is 1. The standard InChI is InChI=1S/C20H17ClF3N5O/c21-29(17-6-2-5-15(8-17)20(22,23)24)19(30)14-4-1-3-13(7-14)11-26-18-9-16(10-25)27-12-28-18/h1-9,12H,10-11,25H2,(H,26,27,28). The number of nitrogens with zero attached hydrogens (tertiary/aromatic N) is 3. The van der Waals surface area contributed by atoms with Gasteiger partial charge in [0.25, 0.3) is 5.91 Å². The van der Waals surface area contributed by atoms with Crippen LogP contribution in [0.25, 0.3) is 0 Å². The van der Waals surface area contributed by atoms with Crippen molar-refractivity contribution < 1.29 is 18.0 Å². The van der Waals surface area contributed by atoms with Crippen molar-refractivity contribution in [2.24, 2.45) is 5.73 Å². The first-order chi connectivity index (χ1) is 14.3. The smallest absolute Gasteiger partial charge is 0.366 e. The topological polar surface area (TPSA) is 84.1 Å². The van der Waals surface area contributed by atoms with Crippen molar-refractivity contribution in [3.8, 4) is 0 Å². The molecule has 1 heterocycles. The molecule has 3 N–H and O–H groups in total. The van der Waals surface area contributed by atoms with E-state index in [9.17, 15) is 18.0 Å². The predicted octanol–water partition coefficient (Wildman–Crippen LogP) is 4.37. The van der Waals surface area contributed by atoms with E-state index in [2.05, 4.69) is 15.3 Å². The molecule has 1 amide bonds. The highest BCUT2D eigenvalue weighted by Crippen LogP contribution is 2.32. The molecular formula is C20H17ClF3N5O. The Morgan fingerprint density at radius 3 is 2.60 bits per heavy atom. The molecule has 3 rings (SSSR count). The van der Waals surface area contributed by atoms with Crippen LogP contribution >= 0.6 is 11.8 Å². The van der Waals surface area contributed by atoms with Crippen molar-refractivity contribution >= 4 is 29.2 Å². The SMILES string of the molecule is NCc1cc(NCc2cccc(C(=O)N(Cl)c3cccc(C(F)(F)F)c3)c2)ncn1. The van der Waals surface area contributed by atoms with Crippen LogP contribution in [-0.2, 0) is 19.3 Å². The van der Waals surface area contributed by atoms with E-state index in [1.807, 2.05) is 0 Å². The molecule has 0 unspecified atom stereocenters. The Labute approximate surface area is 175 Å². The van der Waals surface area contributed by atoms with Crippen LogP contribution < -0.4 is 15.5 Å². The highest BCUT2D eigenvalue weighted by molar-refractivity contribution is 6.39. The summed E-state index contributed by atoms with van der Waals surface area (Å²) in [5.41, 5.74) is 6.25. The number of amides is 1. The Bertz CT molecular complexity index is 1040. The third-order valence-electron chi connectivity index (χ3n) is 4.16. The number of nitrogens with two attached hydrogens (primary N) is 1. The van der Waals surface area contributed by atoms with E-state index >= 15 is 0 Å². The van der Waals surface area contributed by atoms with Gasteiger partial charge in [0.2, 0.25) is 0 Å². The molecule has 0 fully saturated rings. The molecule has 0 aliphatic heterocycles. The van der Waals surface area contributed by atoms with Crippen molar-refractivity contribution in [2.75, 3.05) is 9.74 Å². The van der Waals surface area contributed by atoms with Crippen LogP contribution in [-0.4, -0.2) is 15.9 Å². The summed E-state index contributed by atoms with van der Waals surface area (Å²) in [5.74, 6) is -0.0737. The van der Waals surface area contributed by atoms with Crippen LogP contribution in [0.1, 0.15) is 27.2 Å². The number of hydrogen-bond acceptors (Lipinski definition) is 5. The Morgan fingerprint density at radius 1 is 1.10 bits per heavy atom. The van der Waals surface area contributed by atoms with Crippen molar-refractivity contribution in [3.63, 3.8) is 0 Å². The van der Waals surface area contributed by atoms with Crippen molar-refractivity contribution in [1.82, 2.24) is 9.97 Å². The van der Waals surface area contributed by atoms with Crippen LogP contribution in [0.3, 0.4) is 0 Å². The zero-order valence-corrected chi connectivity index (χ0v) is 16.3. The van der Waals surface area contributed by atoms with Crippen LogP contribution in [0.4, 0.5) is 24.7 Å². The number of halogens is 4. The van der Waals surface area contributed by atoms with E-state index in [1.54, 1.807) is 24.3 Å². The minimum absolute atomic E-state index is 0.0738. The molecule has 0 saturated heterocycles. The Morgan fingerprint density at radius 2 is 1.87 bits per heavy atom. The van der Waals surface area contributed by atoms with Gasteiger partial charge in [0, 0.05) is 36.5 Å². The van der Waals surface area contributed by atoms with Crippen molar-refractivity contribution in [3.05, 3.63) is 83.3 Å². The first-order valence-electron chi connectivity index (χ1n) is 8.79. The minimum atomic E-state index is -4.53. The summed E-state index contributed by atoms with van der Waals surface area (Å²) < 4.78 is 39.4. The van der Waals surface area contributed by atoms with Crippen LogP contribution in [0.2, 0.25) is 0 Å². The molecule has 3 aromatic rings. The first-order valence-corrected chi connectivity index (χ1v) is 9.13. The van der Waals surface area contributed by atoms with Gasteiger partial charge in [0.15, 0.2) is 0 Å². The van der Waals surface area contributed by atoms with Gasteiger partial charge >= 0.3 is 6.18 Å². The van der Waals surface area contributed by atoms with Crippen LogP contribution in [0.5, 0.6) is 0 Å². The van der Waals surface area contributed by atoms with E-state index < -0.39 is 17.6 Å². The maximum atomic E-state index is 12.9. The van der Waals surface area contributed by atoms with E-state index in [4.69, 9.17) is 17.5 Å². The molecule has 0 aliphatic rings. The fourth-order valence-corrected chi connectivity index (χ4v) is 2.85. The molecule has 1 aromatic heterocycles. The molecule has 156 valence electrons. The average molecular weight is 436 g/mol. The second-order valence-electron chi connectivity index (χ2n) is 6.29. The van der Waals surface area contributed by atoms with Gasteiger partial charge in [-0.1, -0.05) is 18.2 Å². The zero-order chi connectivity index (χ0) is 21.7. The molecule has 10 heteroatoms. The molecule has 0 spiro atoms. The summed E-state index contributed by atoms with van der Waals surface area (Å²) >= 11 is 6.04. The molecule has 0 atom stereocenters. The fraction of sp³-hybridized carbons (Fsp3) is 0.150. The van der Waals surface area contributed by atoms with Crippen molar-refractivity contribution in [1.29, 1.82) is 0 Å². The lowest BCUT2D eigenvalue weighted by molar-refractivity contribution is -0.137. The van der Waals surface area contributed by atoms with E-state index in [0.717, 1.165) is 17.7 Å². The van der Waals surface area contributed by atoms with Crippen LogP contribution in [0.15, 0.2) is 60.9 Å². The maximum absolute atomic E-state index is 12.9. The van der Waals surface area contributed by atoms with Gasteiger partial charge in [-0.2, -0.15) is 13.2 Å². The predicted molar refractivity (Wildman–Crippen MR) is 108 cm³/mol. The normalized spacial score (nSPS) is 11.2. The number of benzene rings is 2. The fourth-order valence-electron chi connectivity index (χ4n) is 2.65. The monoisotopic (exact) mass is 435 g/mol. The molecule has 0 radical (unpaired) electrons. The van der Waals surface area contributed by atoms with Gasteiger partial charge in [0.1, 0.15) is 12.1 Å². The van der Waals surface area contributed by atoms with Gasteiger partial charge < -0.3 is 11.1 Å². The van der Waals surface area contributed by atoms with Gasteiger partial charge in [-0.05, 0) is 35.9 Å². The summed E-state index contributed by atoms with van der Waals surface area (Å²) in [5, 5.41) is 3.10. The van der Waals surface area contributed by atoms with E-state index in [1.165, 1.54) is 24.5 Å². The number of aromatic nitrogens is 2. The summed E-state index contributed by atoms with van der Waals surface area (Å²) in [6.45, 7) is 0.635. The number of carbonyl (C=O) groups is 1. The largest absolute Gasteiger partial charge is 0.416 e. The third-order valence-corrected chi connectivity index (χ3v) is 4.51. The quantitative estimate of drug-likeness (QED) is 0.562. The van der Waals surface area contributed by atoms with E-state index in [-0.39, 0.29) is 17.8 Å². The second-order valence-corrected chi connectivity index (χ2v) is 6.62. The van der Waals surface area contributed by atoms with E-state index in [0.29, 0.717) is 22.5 Å². The number of anilines is 2. The number of rotatable bonds is 6. The minimum Gasteiger partial charge on any atom is -0.366 e. The third kappa shape index (κ3) is 5.25. The number of alkyl halides is 3. The second kappa shape index (κ2) is 9.10. The van der Waals surface area contributed by atoms with Crippen LogP contribution in [0, 0.1) is 0 Å². The summed E-state index contributed by atoms with van der Waals surface area (Å²) in [7, 11) is 0. The molecule has 2 aromatic carbocycles. The lowest BCUT2D eigenvalue weighted by atomic mass is 10.1. The highest BCUT2D eigenvalue weighted by Gasteiger charge is 2.31. The summed E-state index contributed by atoms with van der Waals surface area (Å²) in [4.78, 5) is 20.8. The molecule has 0 saturated carbocycles. The average Bonchev–Trinajstić information content (AvgIpc) is 2.76. The van der Waals surface area contributed by atoms with Crippen molar-refractivity contribution in [2.45, 2.75) is 19.3 Å². The molecular weight excluding hydrogens is 419 g/mol. The lowest BCUT2D eigenvalue weighted by Crippen LogP contribution is -2.21. The molecule has 0 bridgehead atoms. The molecule has 30 heavy (non-hydrogen) atoms. The summed E-state index contributed by atoms with van der Waals surface area (Å²) in [6.07, 6.45) is -3.14. The Kier molecular flexibility index (Phi) is 6.53. The van der Waals surface area contributed by atoms with Gasteiger partial charge in [0.05, 0.1) is 16.9 Å². The highest BCUT2D eigenvalue weighted by atomic mass is 35.5. The number of hydrogen-bond donors (Lipinski definition) is 2. The zero-order valence-electron chi connectivity index (χ0n) is 15.5. The Balaban J connectivity index is 1.74. The first kappa shape index (κ1) is 21.5. The molecule has 0 aliphatic carbocycles. The maximum Gasteiger partial charge on any atom is 0.416 e. The summed E-state index contributed by atoms with van der Waals surface area (Å²) in [6, 6.07) is 12.5. The molecule has 6 nitrogen and oxygen atoms in total. The van der Waals surface area contributed by atoms with Gasteiger partial charge in [-0.15, -0.1) is 0 Å². The van der Waals surface area contributed by atoms with Gasteiger partial charge in [-0.3, -0.25) is 4.79 Å². The lowest BCUT2D eigenvalue weighted by Gasteiger charge is -2.16. The van der Waals surface area contributed by atoms with Gasteiger partial charge in [-0.25, -0.2) is 14.4 Å².